The summed E-state index contributed by atoms with van der Waals surface area (Å²) in [7, 11) is 1.78. The lowest BCUT2D eigenvalue weighted by molar-refractivity contribution is 0.196. The molecule has 1 aromatic heterocycles. The molecule has 1 aromatic rings. The maximum atomic E-state index is 9.33. The van der Waals surface area contributed by atoms with Crippen molar-refractivity contribution < 1.29 is 5.11 Å². The molecule has 0 radical (unpaired) electrons. The van der Waals surface area contributed by atoms with E-state index in [1.165, 1.54) is 0 Å². The second-order valence-corrected chi connectivity index (χ2v) is 4.43. The first-order valence-electron chi connectivity index (χ1n) is 4.49. The second kappa shape index (κ2) is 5.17. The van der Waals surface area contributed by atoms with Crippen LogP contribution in [-0.2, 0) is 0 Å². The van der Waals surface area contributed by atoms with Crippen LogP contribution in [-0.4, -0.2) is 33.5 Å². The molecule has 78 valence electrons. The van der Waals surface area contributed by atoms with E-state index in [1.807, 2.05) is 13.0 Å². The standard InChI is InChI=1S/C9H15N3OS/c1-6(13)7(2)14-8-4-5-11-9(10-3)12-8/h4-7,13H,1-3H3,(H,10,11,12). The van der Waals surface area contributed by atoms with Crippen LogP contribution in [0, 0.1) is 0 Å². The van der Waals surface area contributed by atoms with Gasteiger partial charge in [-0.05, 0) is 13.0 Å². The number of anilines is 1. The highest BCUT2D eigenvalue weighted by atomic mass is 32.2. The first-order chi connectivity index (χ1) is 6.63. The first-order valence-corrected chi connectivity index (χ1v) is 5.37. The average Bonchev–Trinajstić information content (AvgIpc) is 2.18. The van der Waals surface area contributed by atoms with Gasteiger partial charge in [0.25, 0.3) is 0 Å². The van der Waals surface area contributed by atoms with Crippen molar-refractivity contribution in [1.29, 1.82) is 0 Å². The molecule has 0 fully saturated rings. The van der Waals surface area contributed by atoms with Crippen LogP contribution < -0.4 is 5.32 Å². The smallest absolute Gasteiger partial charge is 0.223 e. The van der Waals surface area contributed by atoms with E-state index in [9.17, 15) is 5.11 Å². The van der Waals surface area contributed by atoms with Gasteiger partial charge in [-0.3, -0.25) is 0 Å². The van der Waals surface area contributed by atoms with Crippen molar-refractivity contribution in [2.24, 2.45) is 0 Å². The molecule has 1 heterocycles. The number of hydrogen-bond donors (Lipinski definition) is 2. The van der Waals surface area contributed by atoms with Crippen molar-refractivity contribution in [1.82, 2.24) is 9.97 Å². The molecular formula is C9H15N3OS. The molecule has 4 nitrogen and oxygen atoms in total. The minimum atomic E-state index is -0.340. The molecule has 0 spiro atoms. The summed E-state index contributed by atoms with van der Waals surface area (Å²) < 4.78 is 0. The Balaban J connectivity index is 2.66. The lowest BCUT2D eigenvalue weighted by Gasteiger charge is -2.13. The van der Waals surface area contributed by atoms with Gasteiger partial charge in [0.2, 0.25) is 5.95 Å². The van der Waals surface area contributed by atoms with Gasteiger partial charge >= 0.3 is 0 Å². The fourth-order valence-electron chi connectivity index (χ4n) is 0.817. The summed E-state index contributed by atoms with van der Waals surface area (Å²) in [4.78, 5) is 8.26. The number of hydrogen-bond acceptors (Lipinski definition) is 5. The zero-order valence-corrected chi connectivity index (χ0v) is 9.38. The van der Waals surface area contributed by atoms with E-state index >= 15 is 0 Å². The summed E-state index contributed by atoms with van der Waals surface area (Å²) in [6.07, 6.45) is 1.36. The molecule has 14 heavy (non-hydrogen) atoms. The van der Waals surface area contributed by atoms with E-state index in [0.29, 0.717) is 5.95 Å². The largest absolute Gasteiger partial charge is 0.392 e. The van der Waals surface area contributed by atoms with Gasteiger partial charge < -0.3 is 10.4 Å². The molecule has 2 unspecified atom stereocenters. The molecule has 0 aromatic carbocycles. The number of nitrogens with one attached hydrogen (secondary N) is 1. The molecule has 5 heteroatoms. The predicted octanol–water partition coefficient (Wildman–Crippen LogP) is 1.38. The number of thioether (sulfide) groups is 1. The highest BCUT2D eigenvalue weighted by Crippen LogP contribution is 2.23. The van der Waals surface area contributed by atoms with Gasteiger partial charge in [-0.15, -0.1) is 11.8 Å². The van der Waals surface area contributed by atoms with Crippen LogP contribution in [0.2, 0.25) is 0 Å². The monoisotopic (exact) mass is 213 g/mol. The van der Waals surface area contributed by atoms with E-state index in [1.54, 1.807) is 31.9 Å². The van der Waals surface area contributed by atoms with E-state index in [-0.39, 0.29) is 11.4 Å². The lowest BCUT2D eigenvalue weighted by Crippen LogP contribution is -2.15. The van der Waals surface area contributed by atoms with Crippen molar-refractivity contribution in [2.75, 3.05) is 12.4 Å². The minimum absolute atomic E-state index is 0.134. The van der Waals surface area contributed by atoms with Gasteiger partial charge in [-0.25, -0.2) is 9.97 Å². The third-order valence-electron chi connectivity index (χ3n) is 1.84. The maximum absolute atomic E-state index is 9.33. The highest BCUT2D eigenvalue weighted by molar-refractivity contribution is 7.99. The van der Waals surface area contributed by atoms with E-state index in [0.717, 1.165) is 5.03 Å². The third-order valence-corrected chi connectivity index (χ3v) is 3.07. The molecule has 0 saturated heterocycles. The Bertz CT molecular complexity index is 293. The van der Waals surface area contributed by atoms with Crippen molar-refractivity contribution in [3.05, 3.63) is 12.3 Å². The molecule has 2 N–H and O–H groups in total. The summed E-state index contributed by atoms with van der Waals surface area (Å²) in [5, 5.41) is 13.2. The van der Waals surface area contributed by atoms with Crippen LogP contribution in [0.15, 0.2) is 17.3 Å². The summed E-state index contributed by atoms with van der Waals surface area (Å²) in [6, 6.07) is 1.84. The van der Waals surface area contributed by atoms with Gasteiger partial charge in [-0.2, -0.15) is 0 Å². The Labute approximate surface area is 88.2 Å². The minimum Gasteiger partial charge on any atom is -0.392 e. The molecule has 0 bridgehead atoms. The normalized spacial score (nSPS) is 14.9. The third kappa shape index (κ3) is 3.16. The molecule has 0 aliphatic carbocycles. The molecule has 0 aliphatic rings. The van der Waals surface area contributed by atoms with Crippen LogP contribution in [0.4, 0.5) is 5.95 Å². The maximum Gasteiger partial charge on any atom is 0.223 e. The fraction of sp³-hybridized carbons (Fsp3) is 0.556. The molecule has 0 amide bonds. The fourth-order valence-corrected chi connectivity index (χ4v) is 1.67. The van der Waals surface area contributed by atoms with Crippen LogP contribution in [0.3, 0.4) is 0 Å². The highest BCUT2D eigenvalue weighted by Gasteiger charge is 2.11. The van der Waals surface area contributed by atoms with Gasteiger partial charge in [0, 0.05) is 18.5 Å². The van der Waals surface area contributed by atoms with Crippen molar-refractivity contribution in [2.45, 2.75) is 30.2 Å². The molecule has 2 atom stereocenters. The Morgan fingerprint density at radius 3 is 2.79 bits per heavy atom. The van der Waals surface area contributed by atoms with Crippen LogP contribution in [0.25, 0.3) is 0 Å². The molecule has 1 rings (SSSR count). The Morgan fingerprint density at radius 2 is 2.21 bits per heavy atom. The number of aliphatic hydroxyl groups is 1. The second-order valence-electron chi connectivity index (χ2n) is 3.03. The number of rotatable bonds is 4. The number of aliphatic hydroxyl groups excluding tert-OH is 1. The van der Waals surface area contributed by atoms with Crippen LogP contribution >= 0.6 is 11.8 Å². The van der Waals surface area contributed by atoms with E-state index in [2.05, 4.69) is 15.3 Å². The summed E-state index contributed by atoms with van der Waals surface area (Å²) in [5.41, 5.74) is 0. The Hall–Kier alpha value is -0.810. The van der Waals surface area contributed by atoms with Gasteiger partial charge in [0.1, 0.15) is 5.03 Å². The molecule has 0 aliphatic heterocycles. The average molecular weight is 213 g/mol. The van der Waals surface area contributed by atoms with E-state index < -0.39 is 0 Å². The quantitative estimate of drug-likeness (QED) is 0.584. The van der Waals surface area contributed by atoms with Crippen LogP contribution in [0.1, 0.15) is 13.8 Å². The van der Waals surface area contributed by atoms with Gasteiger partial charge in [0.15, 0.2) is 0 Å². The Morgan fingerprint density at radius 1 is 1.50 bits per heavy atom. The first kappa shape index (κ1) is 11.3. The predicted molar refractivity (Wildman–Crippen MR) is 58.6 cm³/mol. The molecule has 0 saturated carbocycles. The topological polar surface area (TPSA) is 58.0 Å². The van der Waals surface area contributed by atoms with Crippen molar-refractivity contribution in [3.63, 3.8) is 0 Å². The van der Waals surface area contributed by atoms with Crippen molar-refractivity contribution in [3.8, 4) is 0 Å². The number of nitrogens with zero attached hydrogens (tertiary/aromatic N) is 2. The lowest BCUT2D eigenvalue weighted by atomic mass is 10.3. The molecular weight excluding hydrogens is 198 g/mol. The summed E-state index contributed by atoms with van der Waals surface area (Å²) >= 11 is 1.54. The van der Waals surface area contributed by atoms with Gasteiger partial charge in [0.05, 0.1) is 6.10 Å². The number of aromatic nitrogens is 2. The summed E-state index contributed by atoms with van der Waals surface area (Å²) in [6.45, 7) is 3.74. The van der Waals surface area contributed by atoms with E-state index in [4.69, 9.17) is 0 Å². The summed E-state index contributed by atoms with van der Waals surface area (Å²) in [5.74, 6) is 0.604. The van der Waals surface area contributed by atoms with Crippen LogP contribution in [0.5, 0.6) is 0 Å². The van der Waals surface area contributed by atoms with Gasteiger partial charge in [-0.1, -0.05) is 6.92 Å². The van der Waals surface area contributed by atoms with Crippen molar-refractivity contribution >= 4 is 17.7 Å². The zero-order chi connectivity index (χ0) is 10.6. The Kier molecular flexibility index (Phi) is 4.16. The SMILES string of the molecule is CNc1nccc(SC(C)C(C)O)n1. The zero-order valence-electron chi connectivity index (χ0n) is 8.56.